The molecule has 0 aliphatic heterocycles. The van der Waals surface area contributed by atoms with E-state index in [4.69, 9.17) is 18.9 Å². The van der Waals surface area contributed by atoms with Crippen molar-refractivity contribution in [2.75, 3.05) is 33.8 Å². The number of hydrogen-bond donors (Lipinski definition) is 1. The van der Waals surface area contributed by atoms with Gasteiger partial charge in [0.15, 0.2) is 11.5 Å². The third-order valence-corrected chi connectivity index (χ3v) is 5.84. The Morgan fingerprint density at radius 3 is 2.35 bits per heavy atom. The molecule has 0 atom stereocenters. The molecule has 0 aliphatic carbocycles. The number of nitrogens with one attached hydrogen (secondary N) is 1. The van der Waals surface area contributed by atoms with Gasteiger partial charge < -0.3 is 18.9 Å². The van der Waals surface area contributed by atoms with Crippen molar-refractivity contribution in [2.24, 2.45) is 0 Å². The molecule has 0 saturated heterocycles. The molecular weight excluding hydrogens is 486 g/mol. The number of hydrogen-bond acceptors (Lipinski definition) is 8. The Morgan fingerprint density at radius 1 is 0.968 bits per heavy atom. The van der Waals surface area contributed by atoms with E-state index in [1.54, 1.807) is 51.7 Å². The van der Waals surface area contributed by atoms with E-state index in [-0.39, 0.29) is 5.91 Å². The number of benzene rings is 2. The fraction of sp³-hybridized carbons (Fsp3) is 0.190. The molecule has 2 aromatic carbocycles. The highest BCUT2D eigenvalue weighted by Gasteiger charge is 2.18. The van der Waals surface area contributed by atoms with Gasteiger partial charge in [-0.15, -0.1) is 10.2 Å². The van der Waals surface area contributed by atoms with Gasteiger partial charge in [0.25, 0.3) is 5.91 Å². The van der Waals surface area contributed by atoms with Crippen LogP contribution in [0.5, 0.6) is 23.0 Å². The fourth-order valence-corrected chi connectivity index (χ4v) is 4.00. The molecule has 0 bridgehead atoms. The average molecular weight is 506 g/mol. The molecule has 0 unspecified atom stereocenters. The van der Waals surface area contributed by atoms with Crippen LogP contribution < -0.4 is 24.3 Å². The van der Waals surface area contributed by atoms with E-state index in [0.717, 1.165) is 5.56 Å². The first-order chi connectivity index (χ1) is 15.0. The predicted octanol–water partition coefficient (Wildman–Crippen LogP) is 4.76. The van der Waals surface area contributed by atoms with E-state index in [0.29, 0.717) is 43.2 Å². The highest BCUT2D eigenvalue weighted by molar-refractivity contribution is 9.10. The van der Waals surface area contributed by atoms with Crippen LogP contribution in [0.25, 0.3) is 12.2 Å². The summed E-state index contributed by atoms with van der Waals surface area (Å²) in [6, 6.07) is 8.77. The summed E-state index contributed by atoms with van der Waals surface area (Å²) in [6.45, 7) is 0. The average Bonchev–Trinajstić information content (AvgIpc) is 3.24. The molecule has 0 radical (unpaired) electrons. The van der Waals surface area contributed by atoms with Crippen LogP contribution in [0.15, 0.2) is 34.8 Å². The summed E-state index contributed by atoms with van der Waals surface area (Å²) in [5, 5.41) is 11.9. The van der Waals surface area contributed by atoms with Gasteiger partial charge in [0, 0.05) is 0 Å². The number of aromatic nitrogens is 2. The summed E-state index contributed by atoms with van der Waals surface area (Å²) in [7, 11) is 6.17. The highest BCUT2D eigenvalue weighted by atomic mass is 79.9. The van der Waals surface area contributed by atoms with Crippen molar-refractivity contribution >= 4 is 50.5 Å². The molecule has 10 heteroatoms. The van der Waals surface area contributed by atoms with Crippen molar-refractivity contribution in [3.8, 4) is 23.0 Å². The Kier molecular flexibility index (Phi) is 7.48. The van der Waals surface area contributed by atoms with Gasteiger partial charge in [0.2, 0.25) is 10.9 Å². The molecule has 0 spiro atoms. The summed E-state index contributed by atoms with van der Waals surface area (Å²) in [5.41, 5.74) is 1.21. The Labute approximate surface area is 191 Å². The number of amides is 1. The van der Waals surface area contributed by atoms with Gasteiger partial charge in [-0.05, 0) is 45.8 Å². The Morgan fingerprint density at radius 2 is 1.68 bits per heavy atom. The van der Waals surface area contributed by atoms with Crippen LogP contribution in [0.2, 0.25) is 0 Å². The van der Waals surface area contributed by atoms with Crippen molar-refractivity contribution in [3.63, 3.8) is 0 Å². The van der Waals surface area contributed by atoms with Gasteiger partial charge in [0.05, 0.1) is 38.5 Å². The second-order valence-electron chi connectivity index (χ2n) is 5.98. The monoisotopic (exact) mass is 505 g/mol. The van der Waals surface area contributed by atoms with Gasteiger partial charge in [0.1, 0.15) is 10.8 Å². The second kappa shape index (κ2) is 10.3. The zero-order valence-electron chi connectivity index (χ0n) is 17.3. The second-order valence-corrected chi connectivity index (χ2v) is 7.78. The lowest BCUT2D eigenvalue weighted by Crippen LogP contribution is -2.12. The number of methoxy groups -OCH3 is 4. The lowest BCUT2D eigenvalue weighted by Gasteiger charge is -2.15. The maximum atomic E-state index is 12.5. The molecule has 31 heavy (non-hydrogen) atoms. The van der Waals surface area contributed by atoms with Crippen LogP contribution in [-0.4, -0.2) is 44.5 Å². The molecular formula is C21H20BrN3O5S. The van der Waals surface area contributed by atoms with Gasteiger partial charge in [-0.1, -0.05) is 29.5 Å². The number of rotatable bonds is 8. The molecule has 1 N–H and O–H groups in total. The van der Waals surface area contributed by atoms with Crippen molar-refractivity contribution in [1.29, 1.82) is 0 Å². The molecule has 1 heterocycles. The van der Waals surface area contributed by atoms with E-state index in [9.17, 15) is 4.79 Å². The Hall–Kier alpha value is -3.11. The molecule has 8 nitrogen and oxygen atoms in total. The number of para-hydroxylation sites is 1. The van der Waals surface area contributed by atoms with Crippen LogP contribution >= 0.6 is 27.3 Å². The summed E-state index contributed by atoms with van der Waals surface area (Å²) < 4.78 is 22.1. The first-order valence-electron chi connectivity index (χ1n) is 8.96. The van der Waals surface area contributed by atoms with Crippen LogP contribution in [0.3, 0.4) is 0 Å². The van der Waals surface area contributed by atoms with Crippen LogP contribution in [0.4, 0.5) is 5.13 Å². The molecule has 0 saturated carbocycles. The largest absolute Gasteiger partial charge is 0.496 e. The van der Waals surface area contributed by atoms with Crippen molar-refractivity contribution in [1.82, 2.24) is 10.2 Å². The van der Waals surface area contributed by atoms with Gasteiger partial charge in [-0.3, -0.25) is 10.1 Å². The fourth-order valence-electron chi connectivity index (χ4n) is 2.77. The Bertz CT molecular complexity index is 1120. The van der Waals surface area contributed by atoms with E-state index in [2.05, 4.69) is 31.4 Å². The zero-order valence-corrected chi connectivity index (χ0v) is 19.7. The predicted molar refractivity (Wildman–Crippen MR) is 124 cm³/mol. The van der Waals surface area contributed by atoms with Crippen LogP contribution in [0, 0.1) is 0 Å². The van der Waals surface area contributed by atoms with Gasteiger partial charge in [-0.2, -0.15) is 0 Å². The Balaban J connectivity index is 1.80. The highest BCUT2D eigenvalue weighted by Crippen LogP contribution is 2.45. The molecule has 3 rings (SSSR count). The minimum absolute atomic E-state index is 0.323. The third kappa shape index (κ3) is 4.97. The van der Waals surface area contributed by atoms with Crippen molar-refractivity contribution < 1.29 is 23.7 Å². The van der Waals surface area contributed by atoms with E-state index < -0.39 is 0 Å². The van der Waals surface area contributed by atoms with E-state index in [1.807, 2.05) is 12.1 Å². The minimum Gasteiger partial charge on any atom is -0.496 e. The standard InChI is InChI=1S/C21H20BrN3O5S/c1-27-14-8-6-5-7-13(14)20(26)23-21-25-24-16(31-21)10-9-12-11-15(28-2)18(29-3)19(30-4)17(12)22/h5-11H,1-4H3,(H,23,25,26). The number of nitrogens with zero attached hydrogens (tertiary/aromatic N) is 2. The first kappa shape index (κ1) is 22.6. The minimum atomic E-state index is -0.323. The van der Waals surface area contributed by atoms with Crippen molar-refractivity contribution in [3.05, 3.63) is 50.9 Å². The third-order valence-electron chi connectivity index (χ3n) is 4.22. The molecule has 1 amide bonds. The topological polar surface area (TPSA) is 91.8 Å². The molecule has 0 aliphatic rings. The maximum absolute atomic E-state index is 12.5. The lowest BCUT2D eigenvalue weighted by molar-refractivity contribution is 0.102. The normalized spacial score (nSPS) is 10.7. The van der Waals surface area contributed by atoms with Crippen LogP contribution in [-0.2, 0) is 0 Å². The van der Waals surface area contributed by atoms with Gasteiger partial charge >= 0.3 is 0 Å². The molecule has 3 aromatic rings. The quantitative estimate of drug-likeness (QED) is 0.471. The SMILES string of the molecule is COc1ccccc1C(=O)Nc1nnc(C=Cc2cc(OC)c(OC)c(OC)c2Br)s1. The number of carbonyl (C=O) groups excluding carboxylic acids is 1. The van der Waals surface area contributed by atoms with Crippen LogP contribution in [0.1, 0.15) is 20.9 Å². The van der Waals surface area contributed by atoms with E-state index in [1.165, 1.54) is 18.4 Å². The summed E-state index contributed by atoms with van der Waals surface area (Å²) in [4.78, 5) is 12.5. The lowest BCUT2D eigenvalue weighted by atomic mass is 10.1. The van der Waals surface area contributed by atoms with Gasteiger partial charge in [-0.25, -0.2) is 0 Å². The zero-order chi connectivity index (χ0) is 22.4. The number of anilines is 1. The molecule has 162 valence electrons. The van der Waals surface area contributed by atoms with Crippen molar-refractivity contribution in [2.45, 2.75) is 0 Å². The molecule has 0 fully saturated rings. The summed E-state index contributed by atoms with van der Waals surface area (Å²) in [6.07, 6.45) is 3.61. The smallest absolute Gasteiger partial charge is 0.261 e. The number of halogens is 1. The van der Waals surface area contributed by atoms with E-state index >= 15 is 0 Å². The number of ether oxygens (including phenoxy) is 4. The summed E-state index contributed by atoms with van der Waals surface area (Å²) >= 11 is 4.77. The first-order valence-corrected chi connectivity index (χ1v) is 10.6. The summed E-state index contributed by atoms with van der Waals surface area (Å²) in [5.74, 6) is 1.70. The maximum Gasteiger partial charge on any atom is 0.261 e. The number of carbonyl (C=O) groups is 1. The molecule has 1 aromatic heterocycles.